The molecule has 2 atom stereocenters. The number of fused-ring (bicyclic) bond motifs is 2. The van der Waals surface area contributed by atoms with Crippen molar-refractivity contribution < 1.29 is 24.4 Å². The first-order chi connectivity index (χ1) is 14.8. The van der Waals surface area contributed by atoms with E-state index < -0.39 is 24.1 Å². The zero-order chi connectivity index (χ0) is 22.2. The van der Waals surface area contributed by atoms with Gasteiger partial charge in [0, 0.05) is 23.4 Å². The van der Waals surface area contributed by atoms with Crippen molar-refractivity contribution in [2.24, 2.45) is 5.92 Å². The van der Waals surface area contributed by atoms with E-state index in [4.69, 9.17) is 14.5 Å². The average Bonchev–Trinajstić information content (AvgIpc) is 2.72. The van der Waals surface area contributed by atoms with E-state index in [2.05, 4.69) is 23.5 Å². The minimum absolute atomic E-state index is 0.0841. The second kappa shape index (κ2) is 8.46. The van der Waals surface area contributed by atoms with Crippen molar-refractivity contribution in [3.8, 4) is 0 Å². The van der Waals surface area contributed by atoms with Crippen LogP contribution in [-0.2, 0) is 25.7 Å². The van der Waals surface area contributed by atoms with Crippen LogP contribution >= 0.6 is 0 Å². The first kappa shape index (κ1) is 21.6. The van der Waals surface area contributed by atoms with E-state index in [1.807, 2.05) is 58.0 Å². The van der Waals surface area contributed by atoms with Gasteiger partial charge in [-0.3, -0.25) is 4.79 Å². The van der Waals surface area contributed by atoms with Gasteiger partial charge < -0.3 is 15.2 Å². The fourth-order valence-electron chi connectivity index (χ4n) is 3.96. The number of aryl methyl sites for hydroxylation is 1. The Kier molecular flexibility index (Phi) is 5.88. The van der Waals surface area contributed by atoms with Crippen molar-refractivity contribution >= 4 is 33.2 Å². The molecule has 1 aliphatic rings. The zero-order valence-corrected chi connectivity index (χ0v) is 18.3. The molecule has 6 heteroatoms. The first-order valence-electron chi connectivity index (χ1n) is 10.7. The van der Waals surface area contributed by atoms with Crippen molar-refractivity contribution in [1.82, 2.24) is 0 Å². The van der Waals surface area contributed by atoms with Crippen molar-refractivity contribution in [1.29, 1.82) is 0 Å². The molecule has 164 valence electrons. The predicted molar refractivity (Wildman–Crippen MR) is 121 cm³/mol. The molecule has 4 rings (SSSR count). The van der Waals surface area contributed by atoms with Crippen LogP contribution in [-0.4, -0.2) is 29.2 Å². The van der Waals surface area contributed by atoms with Gasteiger partial charge in [0.1, 0.15) is 5.60 Å². The highest BCUT2D eigenvalue weighted by atomic mass is 17.2. The number of nitrogens with one attached hydrogen (secondary N) is 1. The van der Waals surface area contributed by atoms with Gasteiger partial charge in [-0.1, -0.05) is 50.2 Å². The molecule has 3 aromatic carbocycles. The lowest BCUT2D eigenvalue weighted by Gasteiger charge is -2.42. The number of ether oxygens (including phenoxy) is 1. The lowest BCUT2D eigenvalue weighted by Crippen LogP contribution is -2.54. The van der Waals surface area contributed by atoms with Gasteiger partial charge in [0.2, 0.25) is 0 Å². The summed E-state index contributed by atoms with van der Waals surface area (Å²) in [5, 5.41) is 17.0. The monoisotopic (exact) mass is 423 g/mol. The highest BCUT2D eigenvalue weighted by molar-refractivity contribution is 6.07. The molecule has 0 aromatic heterocycles. The van der Waals surface area contributed by atoms with Gasteiger partial charge in [0.25, 0.3) is 0 Å². The van der Waals surface area contributed by atoms with E-state index in [0.717, 1.165) is 32.8 Å². The SMILES string of the molecule is CC(C)C1OOC(C)(C)C(Nc2cccc3c(CCC(=O)O)c4ccccc4cc23)O1. The topological polar surface area (TPSA) is 77.0 Å². The molecular weight excluding hydrogens is 394 g/mol. The van der Waals surface area contributed by atoms with Crippen molar-refractivity contribution in [2.45, 2.75) is 58.7 Å². The second-order valence-corrected chi connectivity index (χ2v) is 8.93. The third-order valence-electron chi connectivity index (χ3n) is 5.70. The molecule has 1 aliphatic heterocycles. The number of carbonyl (C=O) groups is 1. The molecule has 0 spiro atoms. The van der Waals surface area contributed by atoms with E-state index in [1.165, 1.54) is 0 Å². The second-order valence-electron chi connectivity index (χ2n) is 8.93. The summed E-state index contributed by atoms with van der Waals surface area (Å²) >= 11 is 0. The van der Waals surface area contributed by atoms with Crippen LogP contribution in [0.1, 0.15) is 39.7 Å². The van der Waals surface area contributed by atoms with Gasteiger partial charge >= 0.3 is 5.97 Å². The highest BCUT2D eigenvalue weighted by Gasteiger charge is 2.41. The van der Waals surface area contributed by atoms with E-state index in [1.54, 1.807) is 0 Å². The van der Waals surface area contributed by atoms with Crippen LogP contribution in [0.15, 0.2) is 48.5 Å². The van der Waals surface area contributed by atoms with Gasteiger partial charge in [-0.2, -0.15) is 0 Å². The number of aliphatic carboxylic acids is 1. The molecule has 1 saturated heterocycles. The molecular formula is C25H29NO5. The largest absolute Gasteiger partial charge is 0.481 e. The Morgan fingerprint density at radius 3 is 2.58 bits per heavy atom. The van der Waals surface area contributed by atoms with Crippen LogP contribution in [0.5, 0.6) is 0 Å². The summed E-state index contributed by atoms with van der Waals surface area (Å²) in [4.78, 5) is 22.3. The van der Waals surface area contributed by atoms with Gasteiger partial charge in [-0.25, -0.2) is 9.78 Å². The summed E-state index contributed by atoms with van der Waals surface area (Å²) < 4.78 is 6.18. The number of carboxylic acids is 1. The highest BCUT2D eigenvalue weighted by Crippen LogP contribution is 2.36. The Labute approximate surface area is 182 Å². The van der Waals surface area contributed by atoms with Gasteiger partial charge in [0.15, 0.2) is 12.5 Å². The molecule has 2 N–H and O–H groups in total. The molecule has 0 saturated carbocycles. The molecule has 0 aliphatic carbocycles. The maximum absolute atomic E-state index is 11.3. The predicted octanol–water partition coefficient (Wildman–Crippen LogP) is 5.49. The fourth-order valence-corrected chi connectivity index (χ4v) is 3.96. The minimum Gasteiger partial charge on any atom is -0.481 e. The Morgan fingerprint density at radius 2 is 1.84 bits per heavy atom. The van der Waals surface area contributed by atoms with E-state index in [0.29, 0.717) is 6.42 Å². The average molecular weight is 424 g/mol. The van der Waals surface area contributed by atoms with Crippen LogP contribution in [0.25, 0.3) is 21.5 Å². The molecule has 0 bridgehead atoms. The van der Waals surface area contributed by atoms with Crippen molar-refractivity contribution in [2.75, 3.05) is 5.32 Å². The summed E-state index contributed by atoms with van der Waals surface area (Å²) in [6.07, 6.45) is -0.337. The Balaban J connectivity index is 1.79. The number of hydrogen-bond donors (Lipinski definition) is 2. The van der Waals surface area contributed by atoms with E-state index in [-0.39, 0.29) is 12.3 Å². The summed E-state index contributed by atoms with van der Waals surface area (Å²) in [5.41, 5.74) is 1.25. The van der Waals surface area contributed by atoms with Crippen LogP contribution in [0.3, 0.4) is 0 Å². The van der Waals surface area contributed by atoms with Crippen LogP contribution in [0.4, 0.5) is 5.69 Å². The standard InChI is InChI=1S/C25H29NO5/c1-15(2)23-29-24(25(3,4)31-30-23)26-21-11-7-10-18-19(12-13-22(27)28)17-9-6-5-8-16(17)14-20(18)21/h5-11,14-15,23-24,26H,12-13H2,1-4H3,(H,27,28). The number of anilines is 1. The third-order valence-corrected chi connectivity index (χ3v) is 5.70. The lowest BCUT2D eigenvalue weighted by molar-refractivity contribution is -0.485. The summed E-state index contributed by atoms with van der Waals surface area (Å²) in [6, 6.07) is 16.3. The summed E-state index contributed by atoms with van der Waals surface area (Å²) in [5.74, 6) is -0.663. The molecule has 31 heavy (non-hydrogen) atoms. The maximum Gasteiger partial charge on any atom is 0.303 e. The molecule has 6 nitrogen and oxygen atoms in total. The third kappa shape index (κ3) is 4.37. The zero-order valence-electron chi connectivity index (χ0n) is 18.3. The lowest BCUT2D eigenvalue weighted by atomic mass is 9.93. The Morgan fingerprint density at radius 1 is 1.10 bits per heavy atom. The Bertz CT molecular complexity index is 1110. The van der Waals surface area contributed by atoms with Gasteiger partial charge in [-0.15, -0.1) is 0 Å². The number of carboxylic acid groups (broad SMARTS) is 1. The molecule has 1 fully saturated rings. The van der Waals surface area contributed by atoms with Crippen LogP contribution < -0.4 is 5.32 Å². The maximum atomic E-state index is 11.3. The first-order valence-corrected chi connectivity index (χ1v) is 10.7. The number of hydrogen-bond acceptors (Lipinski definition) is 5. The Hall–Kier alpha value is -2.67. The molecule has 1 heterocycles. The molecule has 0 amide bonds. The van der Waals surface area contributed by atoms with Gasteiger partial charge in [0.05, 0.1) is 0 Å². The van der Waals surface area contributed by atoms with Gasteiger partial charge in [-0.05, 0) is 54.1 Å². The smallest absolute Gasteiger partial charge is 0.303 e. The normalized spacial score (nSPS) is 20.9. The molecule has 2 unspecified atom stereocenters. The quantitative estimate of drug-likeness (QED) is 0.403. The molecule has 0 radical (unpaired) electrons. The summed E-state index contributed by atoms with van der Waals surface area (Å²) in [6.45, 7) is 7.87. The number of rotatable bonds is 6. The van der Waals surface area contributed by atoms with Crippen molar-refractivity contribution in [3.05, 3.63) is 54.1 Å². The minimum atomic E-state index is -0.801. The van der Waals surface area contributed by atoms with E-state index >= 15 is 0 Å². The fraction of sp³-hybridized carbons (Fsp3) is 0.400. The van der Waals surface area contributed by atoms with Crippen molar-refractivity contribution in [3.63, 3.8) is 0 Å². The van der Waals surface area contributed by atoms with Crippen LogP contribution in [0.2, 0.25) is 0 Å². The molecule has 3 aromatic rings. The number of benzene rings is 3. The summed E-state index contributed by atoms with van der Waals surface area (Å²) in [7, 11) is 0. The van der Waals surface area contributed by atoms with E-state index in [9.17, 15) is 9.90 Å². The van der Waals surface area contributed by atoms with Crippen LogP contribution in [0, 0.1) is 5.92 Å².